The molecule has 1 aromatic carbocycles. The fourth-order valence-electron chi connectivity index (χ4n) is 2.14. The van der Waals surface area contributed by atoms with Crippen LogP contribution in [0, 0.1) is 12.7 Å². The van der Waals surface area contributed by atoms with Crippen LogP contribution in [0.1, 0.15) is 24.0 Å². The molecule has 0 bridgehead atoms. The molecule has 1 aliphatic rings. The van der Waals surface area contributed by atoms with E-state index in [0.29, 0.717) is 0 Å². The van der Waals surface area contributed by atoms with Crippen molar-refractivity contribution in [3.63, 3.8) is 0 Å². The van der Waals surface area contributed by atoms with Crippen LogP contribution in [0.15, 0.2) is 29.7 Å². The molecule has 0 aliphatic heterocycles. The van der Waals surface area contributed by atoms with Crippen molar-refractivity contribution < 1.29 is 17.9 Å². The number of aliphatic hydroxyl groups is 1. The van der Waals surface area contributed by atoms with E-state index >= 15 is 0 Å². The third kappa shape index (κ3) is 2.77. The summed E-state index contributed by atoms with van der Waals surface area (Å²) >= 11 is 0. The number of halogens is 1. The van der Waals surface area contributed by atoms with Crippen LogP contribution in [0.4, 0.5) is 4.39 Å². The lowest BCUT2D eigenvalue weighted by atomic mass is 10.1. The van der Waals surface area contributed by atoms with Gasteiger partial charge in [-0.3, -0.25) is 0 Å². The molecule has 1 fully saturated rings. The maximum absolute atomic E-state index is 13.7. The average molecular weight is 299 g/mol. The molecule has 0 atom stereocenters. The van der Waals surface area contributed by atoms with Gasteiger partial charge < -0.3 is 5.11 Å². The second kappa shape index (κ2) is 5.63. The van der Waals surface area contributed by atoms with Crippen molar-refractivity contribution in [2.45, 2.75) is 37.3 Å². The Kier molecular flexibility index (Phi) is 4.27. The van der Waals surface area contributed by atoms with Gasteiger partial charge in [0.25, 0.3) is 0 Å². The summed E-state index contributed by atoms with van der Waals surface area (Å²) in [4.78, 5) is 0.0224. The number of rotatable bonds is 6. The van der Waals surface area contributed by atoms with Gasteiger partial charge >= 0.3 is 0 Å². The van der Waals surface area contributed by atoms with Crippen LogP contribution in [-0.4, -0.2) is 30.4 Å². The van der Waals surface area contributed by atoms with E-state index in [1.54, 1.807) is 6.08 Å². The van der Waals surface area contributed by atoms with Gasteiger partial charge in [0, 0.05) is 18.2 Å². The molecule has 0 amide bonds. The molecule has 20 heavy (non-hydrogen) atoms. The Hall–Kier alpha value is -1.24. The van der Waals surface area contributed by atoms with Gasteiger partial charge in [-0.25, -0.2) is 12.8 Å². The van der Waals surface area contributed by atoms with Gasteiger partial charge in [0.15, 0.2) is 0 Å². The fraction of sp³-hybridized carbons (Fsp3) is 0.429. The van der Waals surface area contributed by atoms with Gasteiger partial charge in [0.2, 0.25) is 10.0 Å². The first-order valence-electron chi connectivity index (χ1n) is 6.44. The normalized spacial score (nSPS) is 15.6. The first kappa shape index (κ1) is 15.2. The lowest BCUT2D eigenvalue weighted by molar-refractivity contribution is 0.275. The van der Waals surface area contributed by atoms with Crippen LogP contribution in [0.3, 0.4) is 0 Å². The van der Waals surface area contributed by atoms with Crippen molar-refractivity contribution in [3.05, 3.63) is 41.7 Å². The summed E-state index contributed by atoms with van der Waals surface area (Å²) in [6, 6.07) is 2.51. The van der Waals surface area contributed by atoms with Crippen molar-refractivity contribution >= 4 is 10.0 Å². The summed E-state index contributed by atoms with van der Waals surface area (Å²) in [5.41, 5.74) is 0.211. The molecule has 0 radical (unpaired) electrons. The molecule has 0 aromatic heterocycles. The first-order valence-corrected chi connectivity index (χ1v) is 7.88. The molecule has 1 saturated carbocycles. The summed E-state index contributed by atoms with van der Waals surface area (Å²) in [5, 5.41) is 9.13. The van der Waals surface area contributed by atoms with Gasteiger partial charge in [0.05, 0.1) is 11.5 Å². The topological polar surface area (TPSA) is 57.6 Å². The minimum absolute atomic E-state index is 0.000866. The Bertz CT molecular complexity index is 624. The number of aliphatic hydroxyl groups excluding tert-OH is 1. The van der Waals surface area contributed by atoms with Crippen LogP contribution in [0.5, 0.6) is 0 Å². The number of benzene rings is 1. The molecule has 1 aromatic rings. The zero-order valence-corrected chi connectivity index (χ0v) is 12.2. The lowest BCUT2D eigenvalue weighted by Crippen LogP contribution is -2.33. The first-order chi connectivity index (χ1) is 9.41. The number of aryl methyl sites for hydroxylation is 1. The molecular weight excluding hydrogens is 281 g/mol. The molecule has 2 rings (SSSR count). The van der Waals surface area contributed by atoms with E-state index in [1.165, 1.54) is 23.4 Å². The zero-order chi connectivity index (χ0) is 14.9. The molecular formula is C14H18FNO3S. The molecule has 0 saturated heterocycles. The van der Waals surface area contributed by atoms with Crippen LogP contribution in [0.25, 0.3) is 0 Å². The monoisotopic (exact) mass is 299 g/mol. The average Bonchev–Trinajstić information content (AvgIpc) is 3.22. The molecule has 1 N–H and O–H groups in total. The Labute approximate surface area is 118 Å². The van der Waals surface area contributed by atoms with E-state index in [0.717, 1.165) is 12.8 Å². The third-order valence-corrected chi connectivity index (χ3v) is 5.24. The van der Waals surface area contributed by atoms with Crippen molar-refractivity contribution in [2.75, 3.05) is 6.54 Å². The summed E-state index contributed by atoms with van der Waals surface area (Å²) in [7, 11) is -3.69. The minimum atomic E-state index is -3.69. The highest BCUT2D eigenvalue weighted by Crippen LogP contribution is 2.32. The Balaban J connectivity index is 2.47. The van der Waals surface area contributed by atoms with E-state index < -0.39 is 22.4 Å². The van der Waals surface area contributed by atoms with Gasteiger partial charge in [-0.1, -0.05) is 6.08 Å². The van der Waals surface area contributed by atoms with E-state index in [9.17, 15) is 12.8 Å². The molecule has 0 unspecified atom stereocenters. The van der Waals surface area contributed by atoms with E-state index in [4.69, 9.17) is 5.11 Å². The zero-order valence-electron chi connectivity index (χ0n) is 11.3. The molecule has 6 heteroatoms. The molecule has 1 aliphatic carbocycles. The highest BCUT2D eigenvalue weighted by atomic mass is 32.2. The third-order valence-electron chi connectivity index (χ3n) is 3.34. The van der Waals surface area contributed by atoms with E-state index in [1.807, 2.05) is 0 Å². The number of hydrogen-bond acceptors (Lipinski definition) is 3. The summed E-state index contributed by atoms with van der Waals surface area (Å²) in [6.07, 6.45) is 3.21. The number of nitrogens with zero attached hydrogens (tertiary/aromatic N) is 1. The van der Waals surface area contributed by atoms with E-state index in [-0.39, 0.29) is 28.6 Å². The summed E-state index contributed by atoms with van der Waals surface area (Å²) < 4.78 is 40.3. The van der Waals surface area contributed by atoms with Crippen LogP contribution < -0.4 is 0 Å². The predicted molar refractivity (Wildman–Crippen MR) is 74.2 cm³/mol. The largest absolute Gasteiger partial charge is 0.392 e. The molecule has 0 spiro atoms. The highest BCUT2D eigenvalue weighted by Gasteiger charge is 2.37. The Morgan fingerprint density at radius 2 is 2.15 bits per heavy atom. The minimum Gasteiger partial charge on any atom is -0.392 e. The van der Waals surface area contributed by atoms with Crippen LogP contribution in [0.2, 0.25) is 0 Å². The maximum Gasteiger partial charge on any atom is 0.243 e. The van der Waals surface area contributed by atoms with E-state index in [2.05, 4.69) is 6.58 Å². The van der Waals surface area contributed by atoms with Crippen LogP contribution in [-0.2, 0) is 16.6 Å². The lowest BCUT2D eigenvalue weighted by Gasteiger charge is -2.21. The second-order valence-corrected chi connectivity index (χ2v) is 6.86. The van der Waals surface area contributed by atoms with Crippen molar-refractivity contribution in [1.29, 1.82) is 0 Å². The summed E-state index contributed by atoms with van der Waals surface area (Å²) in [6.45, 7) is 4.77. The highest BCUT2D eigenvalue weighted by molar-refractivity contribution is 7.89. The standard InChI is InChI=1S/C14H18FNO3S/c1-3-6-16(12-4-5-12)20(18,19)13-7-10(2)14(15)11(8-13)9-17/h3,7-8,12,17H,1,4-6,9H2,2H3. The van der Waals surface area contributed by atoms with Gasteiger partial charge in [-0.05, 0) is 37.5 Å². The quantitative estimate of drug-likeness (QED) is 0.817. The Morgan fingerprint density at radius 1 is 1.50 bits per heavy atom. The van der Waals surface area contributed by atoms with Gasteiger partial charge in [-0.2, -0.15) is 4.31 Å². The van der Waals surface area contributed by atoms with Gasteiger partial charge in [0.1, 0.15) is 5.82 Å². The van der Waals surface area contributed by atoms with Crippen LogP contribution >= 0.6 is 0 Å². The van der Waals surface area contributed by atoms with Crippen molar-refractivity contribution in [1.82, 2.24) is 4.31 Å². The van der Waals surface area contributed by atoms with Crippen molar-refractivity contribution in [3.8, 4) is 0 Å². The number of sulfonamides is 1. The number of hydrogen-bond donors (Lipinski definition) is 1. The molecule has 4 nitrogen and oxygen atoms in total. The Morgan fingerprint density at radius 3 is 2.65 bits per heavy atom. The predicted octanol–water partition coefficient (Wildman–Crippen LogP) is 1.97. The molecule has 0 heterocycles. The maximum atomic E-state index is 13.7. The van der Waals surface area contributed by atoms with Gasteiger partial charge in [-0.15, -0.1) is 6.58 Å². The fourth-order valence-corrected chi connectivity index (χ4v) is 3.93. The molecule has 110 valence electrons. The van der Waals surface area contributed by atoms with Crippen molar-refractivity contribution in [2.24, 2.45) is 0 Å². The smallest absolute Gasteiger partial charge is 0.243 e. The second-order valence-electron chi connectivity index (χ2n) is 4.97. The summed E-state index contributed by atoms with van der Waals surface area (Å²) in [5.74, 6) is -0.562. The SMILES string of the molecule is C=CCN(C1CC1)S(=O)(=O)c1cc(C)c(F)c(CO)c1.